The summed E-state index contributed by atoms with van der Waals surface area (Å²) in [6, 6.07) is 14.4. The smallest absolute Gasteiger partial charge is 0.243 e. The fraction of sp³-hybridized carbons (Fsp3) is 0.409. The van der Waals surface area contributed by atoms with E-state index < -0.39 is 15.9 Å². The van der Waals surface area contributed by atoms with E-state index >= 15 is 0 Å². The molecule has 1 fully saturated rings. The highest BCUT2D eigenvalue weighted by Crippen LogP contribution is 2.24. The Hall–Kier alpha value is -2.29. The first-order chi connectivity index (χ1) is 14.3. The predicted molar refractivity (Wildman–Crippen MR) is 114 cm³/mol. The molecule has 0 bridgehead atoms. The second-order valence-electron chi connectivity index (χ2n) is 7.79. The number of rotatable bonds is 7. The summed E-state index contributed by atoms with van der Waals surface area (Å²) >= 11 is 0. The molecule has 1 aliphatic rings. The second kappa shape index (κ2) is 9.68. The van der Waals surface area contributed by atoms with E-state index in [1.165, 1.54) is 16.4 Å². The molecule has 1 amide bonds. The van der Waals surface area contributed by atoms with E-state index in [0.29, 0.717) is 25.9 Å². The SMILES string of the molecule is CN(C)C(CNC(=O)C1CCCN(S(=O)(=O)c2ccccc2)C1)c1cccc(F)c1. The lowest BCUT2D eigenvalue weighted by atomic mass is 9.98. The number of hydrogen-bond donors (Lipinski definition) is 1. The Balaban J connectivity index is 1.65. The van der Waals surface area contributed by atoms with Crippen molar-refractivity contribution in [3.63, 3.8) is 0 Å². The summed E-state index contributed by atoms with van der Waals surface area (Å²) in [5, 5.41) is 2.94. The maximum atomic E-state index is 13.6. The minimum Gasteiger partial charge on any atom is -0.354 e. The van der Waals surface area contributed by atoms with Crippen molar-refractivity contribution in [2.24, 2.45) is 5.92 Å². The van der Waals surface area contributed by atoms with Crippen LogP contribution in [0.5, 0.6) is 0 Å². The van der Waals surface area contributed by atoms with Crippen LogP contribution in [-0.2, 0) is 14.8 Å². The number of benzene rings is 2. The molecule has 0 radical (unpaired) electrons. The largest absolute Gasteiger partial charge is 0.354 e. The minimum absolute atomic E-state index is 0.162. The highest BCUT2D eigenvalue weighted by molar-refractivity contribution is 7.89. The van der Waals surface area contributed by atoms with Crippen molar-refractivity contribution in [3.8, 4) is 0 Å². The Bertz CT molecular complexity index is 967. The number of nitrogens with zero attached hydrogens (tertiary/aromatic N) is 2. The van der Waals surface area contributed by atoms with Gasteiger partial charge in [-0.05, 0) is 56.8 Å². The van der Waals surface area contributed by atoms with Crippen molar-refractivity contribution in [1.82, 2.24) is 14.5 Å². The summed E-state index contributed by atoms with van der Waals surface area (Å²) in [6.07, 6.45) is 1.27. The lowest BCUT2D eigenvalue weighted by Gasteiger charge is -2.32. The van der Waals surface area contributed by atoms with Crippen LogP contribution in [0, 0.1) is 11.7 Å². The topological polar surface area (TPSA) is 69.7 Å². The first-order valence-electron chi connectivity index (χ1n) is 10.0. The maximum absolute atomic E-state index is 13.6. The minimum atomic E-state index is -3.62. The van der Waals surface area contributed by atoms with Crippen molar-refractivity contribution in [1.29, 1.82) is 0 Å². The molecule has 30 heavy (non-hydrogen) atoms. The van der Waals surface area contributed by atoms with Crippen LogP contribution in [0.15, 0.2) is 59.5 Å². The van der Waals surface area contributed by atoms with Gasteiger partial charge < -0.3 is 10.2 Å². The molecule has 1 saturated heterocycles. The molecule has 0 spiro atoms. The van der Waals surface area contributed by atoms with Gasteiger partial charge in [0.1, 0.15) is 5.82 Å². The van der Waals surface area contributed by atoms with E-state index in [9.17, 15) is 17.6 Å². The van der Waals surface area contributed by atoms with E-state index in [0.717, 1.165) is 5.56 Å². The highest BCUT2D eigenvalue weighted by Gasteiger charge is 2.33. The standard InChI is InChI=1S/C22H28FN3O3S/c1-25(2)21(17-8-6-10-19(23)14-17)15-24-22(27)18-9-7-13-26(16-18)30(28,29)20-11-4-3-5-12-20/h3-6,8,10-12,14,18,21H,7,9,13,15-16H2,1-2H3,(H,24,27). The van der Waals surface area contributed by atoms with Crippen LogP contribution < -0.4 is 5.32 Å². The molecule has 1 aliphatic heterocycles. The van der Waals surface area contributed by atoms with Crippen molar-refractivity contribution in [2.75, 3.05) is 33.7 Å². The van der Waals surface area contributed by atoms with Crippen LogP contribution in [0.3, 0.4) is 0 Å². The van der Waals surface area contributed by atoms with Gasteiger partial charge in [-0.1, -0.05) is 30.3 Å². The van der Waals surface area contributed by atoms with Crippen LogP contribution in [0.1, 0.15) is 24.4 Å². The zero-order valence-corrected chi connectivity index (χ0v) is 18.1. The van der Waals surface area contributed by atoms with E-state index in [4.69, 9.17) is 0 Å². The van der Waals surface area contributed by atoms with Crippen LogP contribution in [0.4, 0.5) is 4.39 Å². The summed E-state index contributed by atoms with van der Waals surface area (Å²) in [5.41, 5.74) is 0.775. The van der Waals surface area contributed by atoms with Gasteiger partial charge >= 0.3 is 0 Å². The number of amides is 1. The van der Waals surface area contributed by atoms with Gasteiger partial charge in [0, 0.05) is 19.6 Å². The fourth-order valence-corrected chi connectivity index (χ4v) is 5.32. The van der Waals surface area contributed by atoms with Gasteiger partial charge in [-0.2, -0.15) is 4.31 Å². The van der Waals surface area contributed by atoms with Gasteiger partial charge in [0.15, 0.2) is 0 Å². The third-order valence-corrected chi connectivity index (χ3v) is 7.34. The van der Waals surface area contributed by atoms with Gasteiger partial charge in [0.05, 0.1) is 16.9 Å². The van der Waals surface area contributed by atoms with Crippen LogP contribution >= 0.6 is 0 Å². The average Bonchev–Trinajstić information content (AvgIpc) is 2.74. The Kier molecular flexibility index (Phi) is 7.23. The van der Waals surface area contributed by atoms with Crippen molar-refractivity contribution in [3.05, 3.63) is 66.0 Å². The second-order valence-corrected chi connectivity index (χ2v) is 9.73. The van der Waals surface area contributed by atoms with Crippen molar-refractivity contribution >= 4 is 15.9 Å². The lowest BCUT2D eigenvalue weighted by molar-refractivity contribution is -0.126. The summed E-state index contributed by atoms with van der Waals surface area (Å²) in [4.78, 5) is 15.0. The molecule has 6 nitrogen and oxygen atoms in total. The molecule has 2 aromatic rings. The fourth-order valence-electron chi connectivity index (χ4n) is 3.77. The number of piperidine rings is 1. The number of halogens is 1. The average molecular weight is 434 g/mol. The van der Waals surface area contributed by atoms with Crippen LogP contribution in [-0.4, -0.2) is 57.3 Å². The number of carbonyl (C=O) groups is 1. The zero-order chi connectivity index (χ0) is 21.7. The zero-order valence-electron chi connectivity index (χ0n) is 17.3. The van der Waals surface area contributed by atoms with Gasteiger partial charge in [0.2, 0.25) is 15.9 Å². The van der Waals surface area contributed by atoms with Crippen LogP contribution in [0.2, 0.25) is 0 Å². The molecule has 1 heterocycles. The quantitative estimate of drug-likeness (QED) is 0.729. The summed E-state index contributed by atoms with van der Waals surface area (Å²) in [7, 11) is 0.126. The van der Waals surface area contributed by atoms with Gasteiger partial charge in [-0.15, -0.1) is 0 Å². The summed E-state index contributed by atoms with van der Waals surface area (Å²) in [6.45, 7) is 0.886. The molecule has 2 aromatic carbocycles. The van der Waals surface area contributed by atoms with Crippen LogP contribution in [0.25, 0.3) is 0 Å². The number of sulfonamides is 1. The third kappa shape index (κ3) is 5.24. The molecule has 8 heteroatoms. The van der Waals surface area contributed by atoms with E-state index in [-0.39, 0.29) is 29.2 Å². The van der Waals surface area contributed by atoms with E-state index in [1.807, 2.05) is 25.1 Å². The van der Waals surface area contributed by atoms with Gasteiger partial charge in [-0.3, -0.25) is 4.79 Å². The molecule has 162 valence electrons. The number of nitrogens with one attached hydrogen (secondary N) is 1. The van der Waals surface area contributed by atoms with Crippen molar-refractivity contribution in [2.45, 2.75) is 23.8 Å². The Morgan fingerprint density at radius 2 is 1.93 bits per heavy atom. The number of carbonyl (C=O) groups excluding carboxylic acids is 1. The molecular formula is C22H28FN3O3S. The molecule has 1 N–H and O–H groups in total. The lowest BCUT2D eigenvalue weighted by Crippen LogP contribution is -2.46. The molecule has 3 rings (SSSR count). The first kappa shape index (κ1) is 22.4. The van der Waals surface area contributed by atoms with E-state index in [1.54, 1.807) is 36.4 Å². The number of hydrogen-bond acceptors (Lipinski definition) is 4. The highest BCUT2D eigenvalue weighted by atomic mass is 32.2. The number of likely N-dealkylation sites (N-methyl/N-ethyl adjacent to an activating group) is 1. The Labute approximate surface area is 177 Å². The van der Waals surface area contributed by atoms with Gasteiger partial charge in [-0.25, -0.2) is 12.8 Å². The molecule has 0 aromatic heterocycles. The summed E-state index contributed by atoms with van der Waals surface area (Å²) in [5.74, 6) is -0.904. The normalized spacial score (nSPS) is 18.9. The molecule has 0 saturated carbocycles. The maximum Gasteiger partial charge on any atom is 0.243 e. The van der Waals surface area contributed by atoms with Gasteiger partial charge in [0.25, 0.3) is 0 Å². The summed E-state index contributed by atoms with van der Waals surface area (Å²) < 4.78 is 40.8. The Morgan fingerprint density at radius 3 is 2.60 bits per heavy atom. The monoisotopic (exact) mass is 433 g/mol. The molecule has 2 unspecified atom stereocenters. The molecule has 2 atom stereocenters. The molecule has 0 aliphatic carbocycles. The van der Waals surface area contributed by atoms with Crippen molar-refractivity contribution < 1.29 is 17.6 Å². The Morgan fingerprint density at radius 1 is 1.20 bits per heavy atom. The van der Waals surface area contributed by atoms with E-state index in [2.05, 4.69) is 5.32 Å². The first-order valence-corrected chi connectivity index (χ1v) is 11.5. The third-order valence-electron chi connectivity index (χ3n) is 5.46. The molecular weight excluding hydrogens is 405 g/mol. The predicted octanol–water partition coefficient (Wildman–Crippen LogP) is 2.65.